The molecule has 4 rings (SSSR count). The minimum Gasteiger partial charge on any atom is -0.465 e. The highest BCUT2D eigenvalue weighted by Gasteiger charge is 2.12. The molecule has 0 unspecified atom stereocenters. The van der Waals surface area contributed by atoms with Crippen LogP contribution in [0.25, 0.3) is 16.9 Å². The zero-order chi connectivity index (χ0) is 19.5. The molecule has 0 aliphatic rings. The van der Waals surface area contributed by atoms with Gasteiger partial charge in [-0.3, -0.25) is 4.79 Å². The number of nitrogens with one attached hydrogen (secondary N) is 1. The largest absolute Gasteiger partial charge is 0.465 e. The maximum absolute atomic E-state index is 12.4. The lowest BCUT2D eigenvalue weighted by Crippen LogP contribution is -2.24. The van der Waals surface area contributed by atoms with Crippen molar-refractivity contribution in [1.29, 1.82) is 0 Å². The molecule has 140 valence electrons. The van der Waals surface area contributed by atoms with Crippen LogP contribution in [0, 0.1) is 0 Å². The van der Waals surface area contributed by atoms with E-state index in [9.17, 15) is 9.59 Å². The highest BCUT2D eigenvalue weighted by molar-refractivity contribution is 7.08. The van der Waals surface area contributed by atoms with Gasteiger partial charge < -0.3 is 10.1 Å². The van der Waals surface area contributed by atoms with E-state index < -0.39 is 5.97 Å². The molecule has 0 saturated carbocycles. The summed E-state index contributed by atoms with van der Waals surface area (Å²) in [6.07, 6.45) is 0. The van der Waals surface area contributed by atoms with Gasteiger partial charge in [0.05, 0.1) is 24.9 Å². The van der Waals surface area contributed by atoms with Crippen LogP contribution in [0.1, 0.15) is 26.5 Å². The number of amides is 1. The third-order valence-corrected chi connectivity index (χ3v) is 4.80. The molecule has 1 N–H and O–H groups in total. The number of nitrogens with zero attached hydrogens (tertiary/aromatic N) is 4. The number of fused-ring (bicyclic) bond motifs is 1. The highest BCUT2D eigenvalue weighted by atomic mass is 32.1. The number of carbonyl (C=O) groups is 2. The quantitative estimate of drug-likeness (QED) is 0.523. The average molecular weight is 393 g/mol. The van der Waals surface area contributed by atoms with Crippen LogP contribution in [0.15, 0.2) is 53.2 Å². The van der Waals surface area contributed by atoms with Gasteiger partial charge in [0.25, 0.3) is 5.91 Å². The minimum atomic E-state index is -0.450. The van der Waals surface area contributed by atoms with Gasteiger partial charge in [-0.25, -0.2) is 4.79 Å². The van der Waals surface area contributed by atoms with Crippen molar-refractivity contribution in [3.8, 4) is 11.3 Å². The summed E-state index contributed by atoms with van der Waals surface area (Å²) in [6, 6.07) is 11.9. The topological polar surface area (TPSA) is 98.5 Å². The number of hydrogen-bond acceptors (Lipinski definition) is 7. The lowest BCUT2D eigenvalue weighted by molar-refractivity contribution is 0.0600. The molecule has 28 heavy (non-hydrogen) atoms. The molecule has 4 aromatic rings. The predicted molar refractivity (Wildman–Crippen MR) is 103 cm³/mol. The number of rotatable bonds is 5. The normalized spacial score (nSPS) is 10.8. The van der Waals surface area contributed by atoms with E-state index in [1.54, 1.807) is 40.1 Å². The summed E-state index contributed by atoms with van der Waals surface area (Å²) in [5.41, 5.74) is 3.23. The van der Waals surface area contributed by atoms with Gasteiger partial charge in [0.1, 0.15) is 0 Å². The van der Waals surface area contributed by atoms with Crippen LogP contribution in [0.2, 0.25) is 0 Å². The Hall–Kier alpha value is -3.59. The second kappa shape index (κ2) is 7.57. The van der Waals surface area contributed by atoms with Crippen molar-refractivity contribution < 1.29 is 14.3 Å². The van der Waals surface area contributed by atoms with E-state index in [0.717, 1.165) is 11.3 Å². The molecule has 3 aromatic heterocycles. The van der Waals surface area contributed by atoms with Crippen molar-refractivity contribution in [3.63, 3.8) is 0 Å². The van der Waals surface area contributed by atoms with Gasteiger partial charge in [0.2, 0.25) is 0 Å². The van der Waals surface area contributed by atoms with E-state index in [0.29, 0.717) is 22.6 Å². The fourth-order valence-electron chi connectivity index (χ4n) is 2.64. The average Bonchev–Trinajstić information content (AvgIpc) is 3.41. The molecular formula is C19H15N5O3S. The third-order valence-electron chi connectivity index (χ3n) is 4.12. The Morgan fingerprint density at radius 3 is 2.57 bits per heavy atom. The van der Waals surface area contributed by atoms with E-state index in [1.165, 1.54) is 7.11 Å². The van der Waals surface area contributed by atoms with Gasteiger partial charge >= 0.3 is 5.97 Å². The van der Waals surface area contributed by atoms with Gasteiger partial charge in [-0.05, 0) is 47.8 Å². The van der Waals surface area contributed by atoms with Crippen molar-refractivity contribution in [2.75, 3.05) is 7.11 Å². The third kappa shape index (κ3) is 3.47. The van der Waals surface area contributed by atoms with Crippen molar-refractivity contribution in [2.45, 2.75) is 6.54 Å². The molecular weight excluding hydrogens is 378 g/mol. The number of thiophene rings is 1. The number of ether oxygens (including phenoxy) is 1. The molecule has 0 aliphatic heterocycles. The fraction of sp³-hybridized carbons (Fsp3) is 0.105. The molecule has 9 heteroatoms. The maximum Gasteiger partial charge on any atom is 0.337 e. The Kier molecular flexibility index (Phi) is 4.81. The van der Waals surface area contributed by atoms with Crippen LogP contribution in [0.5, 0.6) is 0 Å². The standard InChI is InChI=1S/C19H15N5O3S/c1-27-19(26)13-4-2-12(3-5-13)18(25)20-10-17-22-21-16-7-6-15(23-24(16)17)14-8-9-28-11-14/h2-9,11H,10H2,1H3,(H,20,25). The molecule has 0 spiro atoms. The van der Waals surface area contributed by atoms with Gasteiger partial charge in [-0.1, -0.05) is 0 Å². The number of benzene rings is 1. The van der Waals surface area contributed by atoms with Crippen LogP contribution in [0.3, 0.4) is 0 Å². The first-order valence-electron chi connectivity index (χ1n) is 8.36. The molecule has 0 bridgehead atoms. The number of aromatic nitrogens is 4. The predicted octanol–water partition coefficient (Wildman–Crippen LogP) is 2.57. The van der Waals surface area contributed by atoms with Crippen LogP contribution >= 0.6 is 11.3 Å². The zero-order valence-electron chi connectivity index (χ0n) is 14.8. The van der Waals surface area contributed by atoms with E-state index in [2.05, 4.69) is 25.3 Å². The molecule has 0 aliphatic carbocycles. The van der Waals surface area contributed by atoms with Gasteiger partial charge in [0, 0.05) is 16.5 Å². The van der Waals surface area contributed by atoms with Gasteiger partial charge in [-0.2, -0.15) is 21.0 Å². The Morgan fingerprint density at radius 2 is 1.86 bits per heavy atom. The fourth-order valence-corrected chi connectivity index (χ4v) is 3.29. The molecule has 0 saturated heterocycles. The first-order chi connectivity index (χ1) is 13.7. The smallest absolute Gasteiger partial charge is 0.337 e. The second-order valence-electron chi connectivity index (χ2n) is 5.87. The second-order valence-corrected chi connectivity index (χ2v) is 6.65. The van der Waals surface area contributed by atoms with Crippen molar-refractivity contribution >= 4 is 28.9 Å². The first kappa shape index (κ1) is 17.8. The summed E-state index contributed by atoms with van der Waals surface area (Å²) in [5.74, 6) is -0.219. The summed E-state index contributed by atoms with van der Waals surface area (Å²) < 4.78 is 6.27. The molecule has 0 radical (unpaired) electrons. The van der Waals surface area contributed by atoms with Crippen LogP contribution in [-0.4, -0.2) is 38.8 Å². The van der Waals surface area contributed by atoms with Crippen LogP contribution in [0.4, 0.5) is 0 Å². The number of esters is 1. The highest BCUT2D eigenvalue weighted by Crippen LogP contribution is 2.20. The number of carbonyl (C=O) groups excluding carboxylic acids is 2. The Balaban J connectivity index is 1.50. The summed E-state index contributed by atoms with van der Waals surface area (Å²) in [4.78, 5) is 23.8. The lowest BCUT2D eigenvalue weighted by atomic mass is 10.1. The zero-order valence-corrected chi connectivity index (χ0v) is 15.6. The Morgan fingerprint density at radius 1 is 1.07 bits per heavy atom. The molecule has 1 amide bonds. The van der Waals surface area contributed by atoms with Crippen molar-refractivity contribution in [1.82, 2.24) is 25.1 Å². The minimum absolute atomic E-state index is 0.166. The molecule has 0 fully saturated rings. The van der Waals surface area contributed by atoms with E-state index in [1.807, 2.05) is 29.0 Å². The molecule has 3 heterocycles. The van der Waals surface area contributed by atoms with E-state index in [-0.39, 0.29) is 12.5 Å². The van der Waals surface area contributed by atoms with Crippen molar-refractivity contribution in [3.05, 3.63) is 70.2 Å². The summed E-state index contributed by atoms with van der Waals surface area (Å²) in [6.45, 7) is 0.166. The van der Waals surface area contributed by atoms with Crippen molar-refractivity contribution in [2.24, 2.45) is 0 Å². The Labute approximate surface area is 163 Å². The maximum atomic E-state index is 12.4. The summed E-state index contributed by atoms with van der Waals surface area (Å²) in [7, 11) is 1.31. The summed E-state index contributed by atoms with van der Waals surface area (Å²) >= 11 is 1.60. The van der Waals surface area contributed by atoms with E-state index in [4.69, 9.17) is 0 Å². The molecule has 8 nitrogen and oxygen atoms in total. The molecule has 0 atom stereocenters. The number of methoxy groups -OCH3 is 1. The van der Waals surface area contributed by atoms with Crippen LogP contribution < -0.4 is 5.32 Å². The first-order valence-corrected chi connectivity index (χ1v) is 9.30. The van der Waals surface area contributed by atoms with Crippen LogP contribution in [-0.2, 0) is 11.3 Å². The summed E-state index contributed by atoms with van der Waals surface area (Å²) in [5, 5.41) is 19.5. The lowest BCUT2D eigenvalue weighted by Gasteiger charge is -2.05. The SMILES string of the molecule is COC(=O)c1ccc(C(=O)NCc2nnc3ccc(-c4ccsc4)nn23)cc1. The van der Waals surface area contributed by atoms with E-state index >= 15 is 0 Å². The van der Waals surface area contributed by atoms with Gasteiger partial charge in [-0.15, -0.1) is 10.2 Å². The molecule has 1 aromatic carbocycles. The monoisotopic (exact) mass is 393 g/mol. The number of hydrogen-bond donors (Lipinski definition) is 1. The van der Waals surface area contributed by atoms with Gasteiger partial charge in [0.15, 0.2) is 11.5 Å². The Bertz CT molecular complexity index is 1140.